The molecule has 0 aromatic heterocycles. The van der Waals surface area contributed by atoms with Crippen LogP contribution in [0.4, 0.5) is 0 Å². The van der Waals surface area contributed by atoms with Gasteiger partial charge in [0, 0.05) is 5.41 Å². The monoisotopic (exact) mass is 380 g/mol. The standard InChI is InChI=1S/C23H40O4/c1-8-19(2,3)18(24)27-23-12-16-9-17(13-23)11-22(10-16,14-23)21(6,7)26-15-20(4,5)25/h16-17,25H,8-15H2,1-7H3. The lowest BCUT2D eigenvalue weighted by Gasteiger charge is -2.65. The Morgan fingerprint density at radius 2 is 1.59 bits per heavy atom. The van der Waals surface area contributed by atoms with Gasteiger partial charge in [-0.05, 0) is 98.3 Å². The summed E-state index contributed by atoms with van der Waals surface area (Å²) in [7, 11) is 0. The number of hydrogen-bond acceptors (Lipinski definition) is 4. The summed E-state index contributed by atoms with van der Waals surface area (Å²) in [5.74, 6) is 1.19. The van der Waals surface area contributed by atoms with Crippen molar-refractivity contribution >= 4 is 5.97 Å². The second-order valence-corrected chi connectivity index (χ2v) is 11.7. The van der Waals surface area contributed by atoms with Crippen molar-refractivity contribution in [2.75, 3.05) is 6.61 Å². The Labute approximate surface area is 165 Å². The Kier molecular flexibility index (Phi) is 5.04. The fourth-order valence-corrected chi connectivity index (χ4v) is 5.99. The van der Waals surface area contributed by atoms with Crippen LogP contribution >= 0.6 is 0 Å². The lowest BCUT2D eigenvalue weighted by Crippen LogP contribution is -2.64. The molecule has 4 aliphatic carbocycles. The first kappa shape index (κ1) is 21.1. The van der Waals surface area contributed by atoms with E-state index in [1.165, 1.54) is 6.42 Å². The van der Waals surface area contributed by atoms with Gasteiger partial charge in [-0.3, -0.25) is 4.79 Å². The Morgan fingerprint density at radius 1 is 1.04 bits per heavy atom. The van der Waals surface area contributed by atoms with E-state index >= 15 is 0 Å². The van der Waals surface area contributed by atoms with Crippen LogP contribution < -0.4 is 0 Å². The van der Waals surface area contributed by atoms with Gasteiger partial charge in [-0.25, -0.2) is 0 Å². The number of ether oxygens (including phenoxy) is 2. The highest BCUT2D eigenvalue weighted by Gasteiger charge is 2.64. The Hall–Kier alpha value is -0.610. The molecule has 0 aromatic rings. The largest absolute Gasteiger partial charge is 0.459 e. The minimum atomic E-state index is -0.838. The molecule has 27 heavy (non-hydrogen) atoms. The van der Waals surface area contributed by atoms with Gasteiger partial charge < -0.3 is 14.6 Å². The number of rotatable bonds is 7. The topological polar surface area (TPSA) is 55.8 Å². The van der Waals surface area contributed by atoms with Crippen molar-refractivity contribution in [2.24, 2.45) is 22.7 Å². The average Bonchev–Trinajstić information content (AvgIpc) is 2.50. The summed E-state index contributed by atoms with van der Waals surface area (Å²) < 4.78 is 12.7. The molecule has 1 N–H and O–H groups in total. The van der Waals surface area contributed by atoms with Gasteiger partial charge in [0.05, 0.1) is 23.2 Å². The smallest absolute Gasteiger partial charge is 0.312 e. The molecule has 4 aliphatic rings. The van der Waals surface area contributed by atoms with Gasteiger partial charge in [0.2, 0.25) is 0 Å². The lowest BCUT2D eigenvalue weighted by atomic mass is 9.44. The zero-order valence-electron chi connectivity index (χ0n) is 18.5. The Balaban J connectivity index is 1.84. The van der Waals surface area contributed by atoms with Crippen molar-refractivity contribution in [1.29, 1.82) is 0 Å². The summed E-state index contributed by atoms with van der Waals surface area (Å²) in [6.45, 7) is 14.3. The third-order valence-corrected chi connectivity index (χ3v) is 7.82. The predicted octanol–water partition coefficient (Wildman–Crippen LogP) is 4.87. The van der Waals surface area contributed by atoms with Crippen molar-refractivity contribution in [3.05, 3.63) is 0 Å². The molecule has 2 unspecified atom stereocenters. The number of carbonyl (C=O) groups excluding carboxylic acids is 1. The number of hydrogen-bond donors (Lipinski definition) is 1. The van der Waals surface area contributed by atoms with Gasteiger partial charge in [-0.15, -0.1) is 0 Å². The molecule has 0 saturated heterocycles. The normalized spacial score (nSPS) is 36.1. The summed E-state index contributed by atoms with van der Waals surface area (Å²) in [6.07, 6.45) is 7.28. The van der Waals surface area contributed by atoms with Crippen molar-refractivity contribution in [3.8, 4) is 0 Å². The molecular formula is C23H40O4. The second-order valence-electron chi connectivity index (χ2n) is 11.7. The van der Waals surface area contributed by atoms with E-state index in [1.807, 2.05) is 13.8 Å². The average molecular weight is 381 g/mol. The number of carbonyl (C=O) groups is 1. The first-order valence-electron chi connectivity index (χ1n) is 10.8. The Morgan fingerprint density at radius 3 is 2.07 bits per heavy atom. The van der Waals surface area contributed by atoms with Gasteiger partial charge in [0.15, 0.2) is 0 Å². The molecule has 0 spiro atoms. The zero-order valence-corrected chi connectivity index (χ0v) is 18.5. The summed E-state index contributed by atoms with van der Waals surface area (Å²) in [5, 5.41) is 10.2. The number of esters is 1. The van der Waals surface area contributed by atoms with Gasteiger partial charge in [-0.2, -0.15) is 0 Å². The third kappa shape index (κ3) is 3.94. The molecule has 0 amide bonds. The van der Waals surface area contributed by atoms with E-state index in [4.69, 9.17) is 9.47 Å². The quantitative estimate of drug-likeness (QED) is 0.640. The highest BCUT2D eigenvalue weighted by Crippen LogP contribution is 2.66. The van der Waals surface area contributed by atoms with E-state index in [0.717, 1.165) is 38.5 Å². The molecule has 4 saturated carbocycles. The SMILES string of the molecule is CCC(C)(C)C(=O)OC12CC3CC(C1)CC(C(C)(C)OCC(C)(C)O)(C3)C2. The van der Waals surface area contributed by atoms with Crippen LogP contribution in [0.25, 0.3) is 0 Å². The van der Waals surface area contributed by atoms with Crippen LogP contribution in [0.2, 0.25) is 0 Å². The molecule has 4 bridgehead atoms. The fourth-order valence-electron chi connectivity index (χ4n) is 5.99. The summed E-state index contributed by atoms with van der Waals surface area (Å²) in [6, 6.07) is 0. The van der Waals surface area contributed by atoms with Crippen molar-refractivity contribution < 1.29 is 19.4 Å². The van der Waals surface area contributed by atoms with Crippen LogP contribution in [0, 0.1) is 22.7 Å². The Bertz CT molecular complexity index is 570. The molecule has 156 valence electrons. The molecule has 4 heteroatoms. The molecule has 4 nitrogen and oxygen atoms in total. The number of aliphatic hydroxyl groups is 1. The van der Waals surface area contributed by atoms with Crippen molar-refractivity contribution in [3.63, 3.8) is 0 Å². The van der Waals surface area contributed by atoms with E-state index in [1.54, 1.807) is 13.8 Å². The van der Waals surface area contributed by atoms with E-state index in [9.17, 15) is 9.90 Å². The fraction of sp³-hybridized carbons (Fsp3) is 0.957. The predicted molar refractivity (Wildman–Crippen MR) is 106 cm³/mol. The molecule has 2 atom stereocenters. The van der Waals surface area contributed by atoms with Crippen LogP contribution in [0.5, 0.6) is 0 Å². The summed E-state index contributed by atoms with van der Waals surface area (Å²) >= 11 is 0. The maximum absolute atomic E-state index is 12.9. The first-order chi connectivity index (χ1) is 12.2. The van der Waals surface area contributed by atoms with Crippen LogP contribution in [0.15, 0.2) is 0 Å². The van der Waals surface area contributed by atoms with Crippen LogP contribution in [-0.4, -0.2) is 34.5 Å². The third-order valence-electron chi connectivity index (χ3n) is 7.82. The van der Waals surface area contributed by atoms with Crippen molar-refractivity contribution in [1.82, 2.24) is 0 Å². The molecule has 4 rings (SSSR count). The van der Waals surface area contributed by atoms with E-state index in [-0.39, 0.29) is 22.6 Å². The molecule has 4 fully saturated rings. The summed E-state index contributed by atoms with van der Waals surface area (Å²) in [5.41, 5.74) is -1.90. The van der Waals surface area contributed by atoms with Gasteiger partial charge in [0.25, 0.3) is 0 Å². The summed E-state index contributed by atoms with van der Waals surface area (Å²) in [4.78, 5) is 12.9. The molecular weight excluding hydrogens is 340 g/mol. The van der Waals surface area contributed by atoms with Crippen molar-refractivity contribution in [2.45, 2.75) is 110 Å². The van der Waals surface area contributed by atoms with Gasteiger partial charge in [0.1, 0.15) is 5.60 Å². The lowest BCUT2D eigenvalue weighted by molar-refractivity contribution is -0.253. The van der Waals surface area contributed by atoms with Gasteiger partial charge >= 0.3 is 5.97 Å². The minimum Gasteiger partial charge on any atom is -0.459 e. The highest BCUT2D eigenvalue weighted by molar-refractivity contribution is 5.76. The van der Waals surface area contributed by atoms with Gasteiger partial charge in [-0.1, -0.05) is 6.92 Å². The maximum atomic E-state index is 12.9. The maximum Gasteiger partial charge on any atom is 0.312 e. The molecule has 0 aliphatic heterocycles. The van der Waals surface area contributed by atoms with E-state index in [2.05, 4.69) is 20.8 Å². The molecule has 0 radical (unpaired) electrons. The van der Waals surface area contributed by atoms with Crippen LogP contribution in [0.3, 0.4) is 0 Å². The second kappa shape index (κ2) is 6.45. The zero-order chi connectivity index (χ0) is 20.3. The highest BCUT2D eigenvalue weighted by atomic mass is 16.6. The first-order valence-corrected chi connectivity index (χ1v) is 10.8. The van der Waals surface area contributed by atoms with Crippen LogP contribution in [-0.2, 0) is 14.3 Å². The van der Waals surface area contributed by atoms with Crippen LogP contribution in [0.1, 0.15) is 93.4 Å². The molecule has 0 aromatic carbocycles. The van der Waals surface area contributed by atoms with E-state index < -0.39 is 11.0 Å². The minimum absolute atomic E-state index is 0.0268. The molecule has 0 heterocycles. The van der Waals surface area contributed by atoms with E-state index in [0.29, 0.717) is 18.4 Å².